The summed E-state index contributed by atoms with van der Waals surface area (Å²) in [6, 6.07) is 2.90. The Balaban J connectivity index is 2.97. The fraction of sp³-hybridized carbons (Fsp3) is 0.308. The van der Waals surface area contributed by atoms with Crippen LogP contribution in [0.15, 0.2) is 22.7 Å². The van der Waals surface area contributed by atoms with Gasteiger partial charge in [-0.3, -0.25) is 0 Å². The topological polar surface area (TPSA) is 73.5 Å². The molecule has 0 fully saturated rings. The second kappa shape index (κ2) is 7.74. The minimum atomic E-state index is -0.691. The lowest BCUT2D eigenvalue weighted by Crippen LogP contribution is -2.10. The van der Waals surface area contributed by atoms with Crippen molar-refractivity contribution in [3.8, 4) is 11.5 Å². The highest BCUT2D eigenvalue weighted by atomic mass is 35.5. The molecule has 0 heterocycles. The van der Waals surface area contributed by atoms with Crippen LogP contribution >= 0.6 is 34.8 Å². The third-order valence-corrected chi connectivity index (χ3v) is 2.95. The minimum Gasteiger partial charge on any atom is -0.506 e. The Labute approximate surface area is 132 Å². The van der Waals surface area contributed by atoms with Crippen molar-refractivity contribution in [1.82, 2.24) is 0 Å². The highest BCUT2D eigenvalue weighted by molar-refractivity contribution is 6.55. The van der Waals surface area contributed by atoms with Crippen LogP contribution in [-0.2, 0) is 0 Å². The minimum absolute atomic E-state index is 0.0637. The third-order valence-electron chi connectivity index (χ3n) is 2.35. The van der Waals surface area contributed by atoms with Gasteiger partial charge in [0, 0.05) is 23.8 Å². The Morgan fingerprint density at radius 3 is 2.65 bits per heavy atom. The van der Waals surface area contributed by atoms with Gasteiger partial charge in [0.25, 0.3) is 0 Å². The Kier molecular flexibility index (Phi) is 6.62. The molecule has 0 radical (unpaired) electrons. The van der Waals surface area contributed by atoms with Crippen molar-refractivity contribution in [3.05, 3.63) is 33.3 Å². The molecule has 0 saturated heterocycles. The molecule has 0 aromatic heterocycles. The van der Waals surface area contributed by atoms with E-state index in [4.69, 9.17) is 44.9 Å². The summed E-state index contributed by atoms with van der Waals surface area (Å²) in [5.74, 6) is 0.152. The fourth-order valence-corrected chi connectivity index (χ4v) is 1.83. The number of aliphatic hydroxyl groups excluding tert-OH is 1. The number of hydrogen-bond donors (Lipinski definition) is 3. The van der Waals surface area contributed by atoms with Gasteiger partial charge in [-0.15, -0.1) is 0 Å². The fourth-order valence-electron chi connectivity index (χ4n) is 1.49. The van der Waals surface area contributed by atoms with Crippen LogP contribution in [0.1, 0.15) is 18.9 Å². The van der Waals surface area contributed by atoms with Crippen LogP contribution in [0.4, 0.5) is 0 Å². The maximum Gasteiger partial charge on any atom is 0.143 e. The molecule has 1 unspecified atom stereocenters. The average Bonchev–Trinajstić information content (AvgIpc) is 2.31. The van der Waals surface area contributed by atoms with E-state index in [1.165, 1.54) is 18.2 Å². The summed E-state index contributed by atoms with van der Waals surface area (Å²) in [4.78, 5) is 0. The molecule has 20 heavy (non-hydrogen) atoms. The molecule has 7 heteroatoms. The molecule has 0 bridgehead atoms. The van der Waals surface area contributed by atoms with Crippen LogP contribution in [0.25, 0.3) is 0 Å². The zero-order valence-corrected chi connectivity index (χ0v) is 12.9. The molecule has 3 N–H and O–H groups in total. The zero-order valence-electron chi connectivity index (χ0n) is 10.7. The molecule has 0 spiro atoms. The normalized spacial score (nSPS) is 11.8. The molecule has 1 rings (SSSR count). The van der Waals surface area contributed by atoms with E-state index in [1.54, 1.807) is 6.92 Å². The Hall–Kier alpha value is -0.940. The van der Waals surface area contributed by atoms with E-state index >= 15 is 0 Å². The lowest BCUT2D eigenvalue weighted by atomic mass is 10.0. The molecule has 1 atom stereocenters. The third kappa shape index (κ3) is 5.21. The van der Waals surface area contributed by atoms with Crippen molar-refractivity contribution < 1.29 is 14.9 Å². The number of aromatic hydroxyl groups is 1. The summed E-state index contributed by atoms with van der Waals surface area (Å²) in [7, 11) is 0. The summed E-state index contributed by atoms with van der Waals surface area (Å²) < 4.78 is 5.43. The number of rotatable bonds is 6. The maximum atomic E-state index is 9.85. The van der Waals surface area contributed by atoms with Gasteiger partial charge in [0.05, 0.1) is 11.1 Å². The molecule has 0 aliphatic rings. The van der Waals surface area contributed by atoms with Crippen LogP contribution in [0.3, 0.4) is 0 Å². The first-order chi connectivity index (χ1) is 9.31. The summed E-state index contributed by atoms with van der Waals surface area (Å²) in [6.45, 7) is 1.69. The Morgan fingerprint density at radius 2 is 2.10 bits per heavy atom. The van der Waals surface area contributed by atoms with Gasteiger partial charge in [0.15, 0.2) is 0 Å². The van der Waals surface area contributed by atoms with E-state index in [0.29, 0.717) is 5.75 Å². The predicted molar refractivity (Wildman–Crippen MR) is 81.5 cm³/mol. The van der Waals surface area contributed by atoms with Crippen LogP contribution in [-0.4, -0.2) is 28.6 Å². The first-order valence-electron chi connectivity index (χ1n) is 5.73. The second-order valence-electron chi connectivity index (χ2n) is 4.14. The number of halogens is 3. The molecule has 4 nitrogen and oxygen atoms in total. The number of ether oxygens (including phenoxy) is 1. The largest absolute Gasteiger partial charge is 0.506 e. The second-order valence-corrected chi connectivity index (χ2v) is 5.55. The molecular formula is C13H14Cl3NO3. The van der Waals surface area contributed by atoms with Crippen molar-refractivity contribution >= 4 is 40.5 Å². The molecule has 0 saturated carbocycles. The number of phenolic OH excluding ortho intramolecular Hbond substituents is 1. The molecule has 0 amide bonds. The quantitative estimate of drug-likeness (QED) is 0.689. The van der Waals surface area contributed by atoms with Gasteiger partial charge in [-0.1, -0.05) is 34.8 Å². The van der Waals surface area contributed by atoms with Crippen molar-refractivity contribution in [1.29, 1.82) is 5.41 Å². The van der Waals surface area contributed by atoms with Gasteiger partial charge in [0.2, 0.25) is 0 Å². The summed E-state index contributed by atoms with van der Waals surface area (Å²) >= 11 is 16.8. The highest BCUT2D eigenvalue weighted by Crippen LogP contribution is 2.33. The van der Waals surface area contributed by atoms with E-state index in [9.17, 15) is 10.2 Å². The zero-order chi connectivity index (χ0) is 15.3. The number of benzene rings is 1. The van der Waals surface area contributed by atoms with Crippen molar-refractivity contribution in [2.24, 2.45) is 0 Å². The highest BCUT2D eigenvalue weighted by Gasteiger charge is 2.15. The lowest BCUT2D eigenvalue weighted by molar-refractivity contribution is 0.203. The standard InChI is InChI=1S/C13H14Cl3NO3/c1-7(18)4-11(17)9-5-8(6-10(14)13(9)19)20-3-2-12(15)16/h2,5-7,17-19H,3-4H2,1H3. The van der Waals surface area contributed by atoms with Gasteiger partial charge < -0.3 is 20.4 Å². The van der Waals surface area contributed by atoms with Gasteiger partial charge in [-0.05, 0) is 19.1 Å². The van der Waals surface area contributed by atoms with E-state index < -0.39 is 6.10 Å². The summed E-state index contributed by atoms with van der Waals surface area (Å²) in [5.41, 5.74) is 0.283. The van der Waals surface area contributed by atoms with Crippen molar-refractivity contribution in [2.75, 3.05) is 6.61 Å². The Morgan fingerprint density at radius 1 is 1.45 bits per heavy atom. The monoisotopic (exact) mass is 337 g/mol. The first kappa shape index (κ1) is 17.1. The van der Waals surface area contributed by atoms with Gasteiger partial charge in [-0.25, -0.2) is 0 Å². The van der Waals surface area contributed by atoms with Crippen molar-refractivity contribution in [3.63, 3.8) is 0 Å². The smallest absolute Gasteiger partial charge is 0.143 e. The van der Waals surface area contributed by atoms with E-state index in [0.717, 1.165) is 0 Å². The van der Waals surface area contributed by atoms with E-state index in [2.05, 4.69) is 0 Å². The summed E-state index contributed by atoms with van der Waals surface area (Å²) in [5, 5.41) is 27.1. The van der Waals surface area contributed by atoms with Crippen LogP contribution in [0.2, 0.25) is 5.02 Å². The first-order valence-corrected chi connectivity index (χ1v) is 6.87. The van der Waals surface area contributed by atoms with Gasteiger partial charge >= 0.3 is 0 Å². The number of nitrogens with one attached hydrogen (secondary N) is 1. The lowest BCUT2D eigenvalue weighted by Gasteiger charge is -2.12. The van der Waals surface area contributed by atoms with Gasteiger partial charge in [0.1, 0.15) is 22.6 Å². The van der Waals surface area contributed by atoms with Crippen LogP contribution in [0.5, 0.6) is 11.5 Å². The van der Waals surface area contributed by atoms with E-state index in [-0.39, 0.29) is 39.6 Å². The van der Waals surface area contributed by atoms with Crippen LogP contribution < -0.4 is 4.74 Å². The number of aliphatic hydroxyl groups is 1. The molecule has 1 aromatic rings. The molecule has 110 valence electrons. The molecule has 0 aliphatic heterocycles. The molecular weight excluding hydrogens is 325 g/mol. The average molecular weight is 339 g/mol. The number of phenols is 1. The summed E-state index contributed by atoms with van der Waals surface area (Å²) in [6.07, 6.45) is 0.856. The van der Waals surface area contributed by atoms with Crippen molar-refractivity contribution in [2.45, 2.75) is 19.4 Å². The molecule has 1 aromatic carbocycles. The van der Waals surface area contributed by atoms with E-state index in [1.807, 2.05) is 0 Å². The van der Waals surface area contributed by atoms with Crippen LogP contribution in [0, 0.1) is 5.41 Å². The Bertz CT molecular complexity index is 526. The predicted octanol–water partition coefficient (Wildman–Crippen LogP) is 3.88. The SMILES string of the molecule is CC(O)CC(=N)c1cc(OCC=C(Cl)Cl)cc(Cl)c1O. The van der Waals surface area contributed by atoms with Gasteiger partial charge in [-0.2, -0.15) is 0 Å². The maximum absolute atomic E-state index is 9.85. The number of hydrogen-bond acceptors (Lipinski definition) is 4. The molecule has 0 aliphatic carbocycles.